The summed E-state index contributed by atoms with van der Waals surface area (Å²) >= 11 is 0. The summed E-state index contributed by atoms with van der Waals surface area (Å²) in [6.45, 7) is 0.0267. The molecule has 0 bridgehead atoms. The van der Waals surface area contributed by atoms with Crippen molar-refractivity contribution in [3.05, 3.63) is 59.4 Å². The van der Waals surface area contributed by atoms with Crippen molar-refractivity contribution < 1.29 is 23.8 Å². The van der Waals surface area contributed by atoms with Crippen LogP contribution in [0.15, 0.2) is 47.6 Å². The maximum absolute atomic E-state index is 13.5. The van der Waals surface area contributed by atoms with E-state index in [1.54, 1.807) is 24.3 Å². The number of amides is 2. The van der Waals surface area contributed by atoms with Gasteiger partial charge in [-0.15, -0.1) is 0 Å². The summed E-state index contributed by atoms with van der Waals surface area (Å²) in [7, 11) is 1.42. The summed E-state index contributed by atoms with van der Waals surface area (Å²) < 4.78 is 18.4. The van der Waals surface area contributed by atoms with Crippen molar-refractivity contribution in [2.24, 2.45) is 5.10 Å². The highest BCUT2D eigenvalue weighted by molar-refractivity contribution is 5.94. The minimum atomic E-state index is -0.628. The largest absolute Gasteiger partial charge is 0.504 e. The Kier molecular flexibility index (Phi) is 6.67. The normalized spacial score (nSPS) is 10.5. The van der Waals surface area contributed by atoms with Gasteiger partial charge in [-0.1, -0.05) is 18.2 Å². The van der Waals surface area contributed by atoms with Gasteiger partial charge in [0.25, 0.3) is 5.91 Å². The van der Waals surface area contributed by atoms with Crippen LogP contribution in [-0.2, 0) is 4.79 Å². The Labute approximate surface area is 149 Å². The molecular weight excluding hydrogens is 341 g/mol. The van der Waals surface area contributed by atoms with Crippen LogP contribution < -0.4 is 15.5 Å². The number of ether oxygens (including phenoxy) is 1. The van der Waals surface area contributed by atoms with Crippen molar-refractivity contribution >= 4 is 18.0 Å². The predicted molar refractivity (Wildman–Crippen MR) is 93.7 cm³/mol. The SMILES string of the molecule is COc1cccc(C=NNC(=O)CCNC(=O)c2ccccc2F)c1O. The zero-order chi connectivity index (χ0) is 18.9. The Balaban J connectivity index is 1.79. The second-order valence-corrected chi connectivity index (χ2v) is 5.18. The third kappa shape index (κ3) is 5.04. The van der Waals surface area contributed by atoms with Crippen LogP contribution in [0.25, 0.3) is 0 Å². The Hall–Kier alpha value is -3.42. The van der Waals surface area contributed by atoms with Crippen LogP contribution in [0, 0.1) is 5.82 Å². The molecule has 0 saturated heterocycles. The molecule has 3 N–H and O–H groups in total. The van der Waals surface area contributed by atoms with Crippen molar-refractivity contribution in [2.75, 3.05) is 13.7 Å². The highest BCUT2D eigenvalue weighted by Crippen LogP contribution is 2.27. The standard InChI is InChI=1S/C18H18FN3O4/c1-26-15-8-4-5-12(17(15)24)11-21-22-16(23)9-10-20-18(25)13-6-2-3-7-14(13)19/h2-8,11,24H,9-10H2,1H3,(H,20,25)(H,22,23). The number of hydrogen-bond acceptors (Lipinski definition) is 5. The van der Waals surface area contributed by atoms with Crippen LogP contribution in [0.2, 0.25) is 0 Å². The van der Waals surface area contributed by atoms with Crippen LogP contribution in [0.5, 0.6) is 11.5 Å². The quantitative estimate of drug-likeness (QED) is 0.518. The number of benzene rings is 2. The first kappa shape index (κ1) is 18.9. The van der Waals surface area contributed by atoms with E-state index in [1.165, 1.54) is 31.5 Å². The van der Waals surface area contributed by atoms with Crippen molar-refractivity contribution in [3.8, 4) is 11.5 Å². The summed E-state index contributed by atoms with van der Waals surface area (Å²) in [4.78, 5) is 23.5. The van der Waals surface area contributed by atoms with Gasteiger partial charge in [-0.05, 0) is 24.3 Å². The van der Waals surface area contributed by atoms with E-state index in [4.69, 9.17) is 4.74 Å². The molecule has 2 aromatic rings. The fourth-order valence-corrected chi connectivity index (χ4v) is 2.07. The zero-order valence-corrected chi connectivity index (χ0v) is 14.0. The predicted octanol–water partition coefficient (Wildman–Crippen LogP) is 1.81. The molecule has 0 saturated carbocycles. The van der Waals surface area contributed by atoms with Gasteiger partial charge in [0.15, 0.2) is 11.5 Å². The molecule has 2 aromatic carbocycles. The third-order valence-electron chi connectivity index (χ3n) is 3.40. The number of rotatable bonds is 7. The van der Waals surface area contributed by atoms with Gasteiger partial charge in [0.2, 0.25) is 5.91 Å². The van der Waals surface area contributed by atoms with Gasteiger partial charge in [-0.3, -0.25) is 9.59 Å². The first-order valence-corrected chi connectivity index (χ1v) is 7.73. The first-order valence-electron chi connectivity index (χ1n) is 7.73. The van der Waals surface area contributed by atoms with Crippen LogP contribution >= 0.6 is 0 Å². The molecule has 0 aromatic heterocycles. The molecule has 0 radical (unpaired) electrons. The lowest BCUT2D eigenvalue weighted by atomic mass is 10.2. The molecule has 0 heterocycles. The smallest absolute Gasteiger partial charge is 0.254 e. The number of carbonyl (C=O) groups excluding carboxylic acids is 2. The number of para-hydroxylation sites is 1. The average molecular weight is 359 g/mol. The number of halogens is 1. The van der Waals surface area contributed by atoms with E-state index in [0.29, 0.717) is 5.56 Å². The first-order chi connectivity index (χ1) is 12.5. The maximum Gasteiger partial charge on any atom is 0.254 e. The Bertz CT molecular complexity index is 824. The van der Waals surface area contributed by atoms with Gasteiger partial charge in [0.1, 0.15) is 5.82 Å². The molecule has 2 rings (SSSR count). The van der Waals surface area contributed by atoms with Gasteiger partial charge < -0.3 is 15.2 Å². The molecule has 7 nitrogen and oxygen atoms in total. The van der Waals surface area contributed by atoms with E-state index in [2.05, 4.69) is 15.8 Å². The number of nitrogens with one attached hydrogen (secondary N) is 2. The van der Waals surface area contributed by atoms with E-state index in [9.17, 15) is 19.1 Å². The highest BCUT2D eigenvalue weighted by atomic mass is 19.1. The number of hydrogen-bond donors (Lipinski definition) is 3. The van der Waals surface area contributed by atoms with Gasteiger partial charge in [-0.2, -0.15) is 5.10 Å². The van der Waals surface area contributed by atoms with Gasteiger partial charge in [-0.25, -0.2) is 9.82 Å². The number of phenolic OH excluding ortho intramolecular Hbond substituents is 1. The topological polar surface area (TPSA) is 100 Å². The van der Waals surface area contributed by atoms with E-state index in [1.807, 2.05) is 0 Å². The lowest BCUT2D eigenvalue weighted by Crippen LogP contribution is -2.29. The maximum atomic E-state index is 13.5. The van der Waals surface area contributed by atoms with Crippen molar-refractivity contribution in [3.63, 3.8) is 0 Å². The molecule has 136 valence electrons. The number of methoxy groups -OCH3 is 1. The molecule has 0 aliphatic carbocycles. The molecule has 0 atom stereocenters. The van der Waals surface area contributed by atoms with Crippen LogP contribution in [0.3, 0.4) is 0 Å². The van der Waals surface area contributed by atoms with Crippen LogP contribution in [0.1, 0.15) is 22.3 Å². The molecule has 2 amide bonds. The summed E-state index contributed by atoms with van der Waals surface area (Å²) in [6, 6.07) is 10.4. The summed E-state index contributed by atoms with van der Waals surface area (Å²) in [5, 5.41) is 16.1. The van der Waals surface area contributed by atoms with Gasteiger partial charge in [0, 0.05) is 18.5 Å². The zero-order valence-electron chi connectivity index (χ0n) is 14.0. The van der Waals surface area contributed by atoms with Crippen molar-refractivity contribution in [1.29, 1.82) is 0 Å². The van der Waals surface area contributed by atoms with Crippen molar-refractivity contribution in [2.45, 2.75) is 6.42 Å². The second-order valence-electron chi connectivity index (χ2n) is 5.18. The number of phenols is 1. The van der Waals surface area contributed by atoms with E-state index in [-0.39, 0.29) is 30.0 Å². The molecule has 0 fully saturated rings. The summed E-state index contributed by atoms with van der Waals surface area (Å²) in [5.41, 5.74) is 2.56. The monoisotopic (exact) mass is 359 g/mol. The van der Waals surface area contributed by atoms with Gasteiger partial charge in [0.05, 0.1) is 18.9 Å². The number of carbonyl (C=O) groups is 2. The summed E-state index contributed by atoms with van der Waals surface area (Å²) in [6.07, 6.45) is 1.23. The highest BCUT2D eigenvalue weighted by Gasteiger charge is 2.10. The fourth-order valence-electron chi connectivity index (χ4n) is 2.07. The Morgan fingerprint density at radius 2 is 2.00 bits per heavy atom. The molecule has 0 spiro atoms. The van der Waals surface area contributed by atoms with E-state index in [0.717, 1.165) is 0 Å². The number of aromatic hydroxyl groups is 1. The van der Waals surface area contributed by atoms with Crippen LogP contribution in [0.4, 0.5) is 4.39 Å². The van der Waals surface area contributed by atoms with Crippen LogP contribution in [-0.4, -0.2) is 36.8 Å². The van der Waals surface area contributed by atoms with Gasteiger partial charge >= 0.3 is 0 Å². The van der Waals surface area contributed by atoms with E-state index < -0.39 is 17.6 Å². The molecular formula is C18H18FN3O4. The number of nitrogens with zero attached hydrogens (tertiary/aromatic N) is 1. The van der Waals surface area contributed by atoms with Crippen molar-refractivity contribution in [1.82, 2.24) is 10.7 Å². The average Bonchev–Trinajstić information content (AvgIpc) is 2.63. The Morgan fingerprint density at radius 1 is 1.23 bits per heavy atom. The minimum Gasteiger partial charge on any atom is -0.504 e. The molecule has 0 aliphatic heterocycles. The molecule has 0 aliphatic rings. The van der Waals surface area contributed by atoms with E-state index >= 15 is 0 Å². The Morgan fingerprint density at radius 3 is 2.73 bits per heavy atom. The number of hydrazone groups is 1. The lowest BCUT2D eigenvalue weighted by Gasteiger charge is -2.06. The second kappa shape index (κ2) is 9.16. The summed E-state index contributed by atoms with van der Waals surface area (Å²) in [5.74, 6) is -1.48. The third-order valence-corrected chi connectivity index (χ3v) is 3.40. The fraction of sp³-hybridized carbons (Fsp3) is 0.167. The minimum absolute atomic E-state index is 0.0267. The lowest BCUT2D eigenvalue weighted by molar-refractivity contribution is -0.120. The molecule has 26 heavy (non-hydrogen) atoms. The molecule has 0 unspecified atom stereocenters. The molecule has 8 heteroatoms.